The van der Waals surface area contributed by atoms with Gasteiger partial charge in [-0.3, -0.25) is 4.79 Å². The van der Waals surface area contributed by atoms with E-state index in [1.165, 1.54) is 12.8 Å². The van der Waals surface area contributed by atoms with Gasteiger partial charge < -0.3 is 15.8 Å². The molecule has 0 saturated heterocycles. The van der Waals surface area contributed by atoms with Crippen molar-refractivity contribution in [3.63, 3.8) is 0 Å². The maximum atomic E-state index is 11.9. The fourth-order valence-corrected chi connectivity index (χ4v) is 3.02. The molecule has 1 aromatic rings. The number of nitrogen functional groups attached to an aromatic ring is 1. The predicted molar refractivity (Wildman–Crippen MR) is 86.9 cm³/mol. The molecule has 2 rings (SSSR count). The summed E-state index contributed by atoms with van der Waals surface area (Å²) in [6.45, 7) is 0.613. The van der Waals surface area contributed by atoms with Crippen LogP contribution >= 0.6 is 23.2 Å². The zero-order chi connectivity index (χ0) is 15.2. The Morgan fingerprint density at radius 2 is 2.05 bits per heavy atom. The van der Waals surface area contributed by atoms with E-state index in [9.17, 15) is 4.79 Å². The van der Waals surface area contributed by atoms with Gasteiger partial charge >= 0.3 is 0 Å². The van der Waals surface area contributed by atoms with E-state index in [1.54, 1.807) is 12.1 Å². The Balaban J connectivity index is 1.74. The number of carbonyl (C=O) groups is 1. The van der Waals surface area contributed by atoms with Crippen LogP contribution in [0.1, 0.15) is 38.5 Å². The minimum Gasteiger partial charge on any atom is -0.397 e. The maximum absolute atomic E-state index is 11.9. The second-order valence-electron chi connectivity index (χ2n) is 5.28. The van der Waals surface area contributed by atoms with Crippen molar-refractivity contribution in [2.45, 2.75) is 44.6 Å². The molecular formula is C15H20Cl2N2O2. The van der Waals surface area contributed by atoms with Crippen LogP contribution < -0.4 is 11.1 Å². The van der Waals surface area contributed by atoms with Crippen LogP contribution in [0.15, 0.2) is 12.1 Å². The molecule has 6 heteroatoms. The third-order valence-electron chi connectivity index (χ3n) is 3.55. The molecule has 0 spiro atoms. The van der Waals surface area contributed by atoms with Crippen LogP contribution in [0.2, 0.25) is 10.0 Å². The van der Waals surface area contributed by atoms with E-state index in [2.05, 4.69) is 5.32 Å². The van der Waals surface area contributed by atoms with Crippen molar-refractivity contribution < 1.29 is 9.53 Å². The number of anilines is 2. The molecular weight excluding hydrogens is 311 g/mol. The van der Waals surface area contributed by atoms with E-state index in [1.807, 2.05) is 0 Å². The van der Waals surface area contributed by atoms with Crippen LogP contribution in [0.5, 0.6) is 0 Å². The standard InChI is InChI=1S/C15H20Cl2N2O2/c16-10-8-12(17)15(13(18)9-10)19-14(20)6-3-7-21-11-4-1-2-5-11/h8-9,11H,1-7,18H2,(H,19,20). The highest BCUT2D eigenvalue weighted by Gasteiger charge is 2.15. The molecule has 0 bridgehead atoms. The average Bonchev–Trinajstić information content (AvgIpc) is 2.92. The second-order valence-corrected chi connectivity index (χ2v) is 6.12. The van der Waals surface area contributed by atoms with E-state index >= 15 is 0 Å². The summed E-state index contributed by atoms with van der Waals surface area (Å²) in [6.07, 6.45) is 6.23. The first-order chi connectivity index (χ1) is 10.1. The number of rotatable bonds is 6. The molecule has 3 N–H and O–H groups in total. The van der Waals surface area contributed by atoms with Gasteiger partial charge in [0.25, 0.3) is 0 Å². The van der Waals surface area contributed by atoms with E-state index in [4.69, 9.17) is 33.7 Å². The Hall–Kier alpha value is -0.970. The van der Waals surface area contributed by atoms with Gasteiger partial charge in [0.1, 0.15) is 0 Å². The zero-order valence-electron chi connectivity index (χ0n) is 11.8. The molecule has 1 saturated carbocycles. The first kappa shape index (κ1) is 16.4. The lowest BCUT2D eigenvalue weighted by molar-refractivity contribution is -0.116. The number of halogens is 2. The molecule has 1 aromatic carbocycles. The molecule has 4 nitrogen and oxygen atoms in total. The predicted octanol–water partition coefficient (Wildman–Crippen LogP) is 4.25. The van der Waals surface area contributed by atoms with Gasteiger partial charge in [0.15, 0.2) is 0 Å². The van der Waals surface area contributed by atoms with Gasteiger partial charge in [0.2, 0.25) is 5.91 Å². The largest absolute Gasteiger partial charge is 0.397 e. The lowest BCUT2D eigenvalue weighted by Crippen LogP contribution is -2.15. The number of carbonyl (C=O) groups excluding carboxylic acids is 1. The molecule has 116 valence electrons. The summed E-state index contributed by atoms with van der Waals surface area (Å²) in [5.74, 6) is -0.124. The number of amides is 1. The summed E-state index contributed by atoms with van der Waals surface area (Å²) in [5, 5.41) is 3.51. The van der Waals surface area contributed by atoms with Crippen LogP contribution in [0.3, 0.4) is 0 Å². The molecule has 1 aliphatic rings. The van der Waals surface area contributed by atoms with Gasteiger partial charge in [0.05, 0.1) is 22.5 Å². The Kier molecular flexibility index (Phi) is 6.15. The topological polar surface area (TPSA) is 64.3 Å². The fourth-order valence-electron chi connectivity index (χ4n) is 2.47. The summed E-state index contributed by atoms with van der Waals surface area (Å²) in [4.78, 5) is 11.9. The van der Waals surface area contributed by atoms with Crippen molar-refractivity contribution in [1.82, 2.24) is 0 Å². The van der Waals surface area contributed by atoms with Crippen molar-refractivity contribution in [3.8, 4) is 0 Å². The summed E-state index contributed by atoms with van der Waals surface area (Å²) in [6, 6.07) is 3.12. The second kappa shape index (κ2) is 7.87. The summed E-state index contributed by atoms with van der Waals surface area (Å²) in [7, 11) is 0. The number of nitrogens with two attached hydrogens (primary N) is 1. The highest BCUT2D eigenvalue weighted by atomic mass is 35.5. The third-order valence-corrected chi connectivity index (χ3v) is 4.07. The van der Waals surface area contributed by atoms with E-state index in [0.29, 0.717) is 47.0 Å². The number of benzene rings is 1. The van der Waals surface area contributed by atoms with Crippen LogP contribution in [-0.4, -0.2) is 18.6 Å². The molecule has 1 amide bonds. The minimum absolute atomic E-state index is 0.124. The summed E-state index contributed by atoms with van der Waals surface area (Å²) in [5.41, 5.74) is 6.58. The maximum Gasteiger partial charge on any atom is 0.224 e. The Morgan fingerprint density at radius 1 is 1.33 bits per heavy atom. The molecule has 21 heavy (non-hydrogen) atoms. The van der Waals surface area contributed by atoms with Crippen molar-refractivity contribution in [2.75, 3.05) is 17.7 Å². The zero-order valence-corrected chi connectivity index (χ0v) is 13.3. The van der Waals surface area contributed by atoms with Crippen molar-refractivity contribution in [3.05, 3.63) is 22.2 Å². The third kappa shape index (κ3) is 5.06. The summed E-state index contributed by atoms with van der Waals surface area (Å²) < 4.78 is 5.72. The van der Waals surface area contributed by atoms with E-state index < -0.39 is 0 Å². The number of hydrogen-bond donors (Lipinski definition) is 2. The van der Waals surface area contributed by atoms with Gasteiger partial charge in [0, 0.05) is 18.1 Å². The molecule has 1 aliphatic carbocycles. The van der Waals surface area contributed by atoms with Gasteiger partial charge in [-0.2, -0.15) is 0 Å². The van der Waals surface area contributed by atoms with Crippen molar-refractivity contribution in [2.24, 2.45) is 0 Å². The molecule has 0 unspecified atom stereocenters. The van der Waals surface area contributed by atoms with Crippen molar-refractivity contribution in [1.29, 1.82) is 0 Å². The van der Waals surface area contributed by atoms with Gasteiger partial charge in [-0.05, 0) is 31.4 Å². The molecule has 0 aromatic heterocycles. The molecule has 0 heterocycles. The smallest absolute Gasteiger partial charge is 0.224 e. The van der Waals surface area contributed by atoms with Crippen LogP contribution in [-0.2, 0) is 9.53 Å². The van der Waals surface area contributed by atoms with Gasteiger partial charge in [-0.25, -0.2) is 0 Å². The van der Waals surface area contributed by atoms with E-state index in [-0.39, 0.29) is 5.91 Å². The normalized spacial score (nSPS) is 15.3. The lowest BCUT2D eigenvalue weighted by Gasteiger charge is -2.12. The monoisotopic (exact) mass is 330 g/mol. The first-order valence-corrected chi connectivity index (χ1v) is 7.98. The Morgan fingerprint density at radius 3 is 2.71 bits per heavy atom. The van der Waals surface area contributed by atoms with Crippen LogP contribution in [0, 0.1) is 0 Å². The number of ether oxygens (including phenoxy) is 1. The average molecular weight is 331 g/mol. The van der Waals surface area contributed by atoms with Crippen LogP contribution in [0.4, 0.5) is 11.4 Å². The lowest BCUT2D eigenvalue weighted by atomic mass is 10.2. The Bertz CT molecular complexity index is 479. The fraction of sp³-hybridized carbons (Fsp3) is 0.533. The van der Waals surface area contributed by atoms with Crippen molar-refractivity contribution >= 4 is 40.5 Å². The summed E-state index contributed by atoms with van der Waals surface area (Å²) >= 11 is 11.9. The highest BCUT2D eigenvalue weighted by Crippen LogP contribution is 2.32. The highest BCUT2D eigenvalue weighted by molar-refractivity contribution is 6.37. The van der Waals surface area contributed by atoms with E-state index in [0.717, 1.165) is 12.8 Å². The minimum atomic E-state index is -0.124. The van der Waals surface area contributed by atoms with Gasteiger partial charge in [-0.1, -0.05) is 36.0 Å². The molecule has 0 aliphatic heterocycles. The number of nitrogens with one attached hydrogen (secondary N) is 1. The number of hydrogen-bond acceptors (Lipinski definition) is 3. The molecule has 0 radical (unpaired) electrons. The quantitative estimate of drug-likeness (QED) is 0.605. The Labute approximate surface area is 134 Å². The van der Waals surface area contributed by atoms with Gasteiger partial charge in [-0.15, -0.1) is 0 Å². The molecule has 1 fully saturated rings. The van der Waals surface area contributed by atoms with Crippen LogP contribution in [0.25, 0.3) is 0 Å². The molecule has 0 atom stereocenters. The SMILES string of the molecule is Nc1cc(Cl)cc(Cl)c1NC(=O)CCCOC1CCCC1. The first-order valence-electron chi connectivity index (χ1n) is 7.22.